The summed E-state index contributed by atoms with van der Waals surface area (Å²) >= 11 is 7.64. The SMILES string of the molecule is NNC(CSc1ccccc1)c1cc(Cl)cnc1N. The highest BCUT2D eigenvalue weighted by atomic mass is 35.5. The third kappa shape index (κ3) is 3.84. The molecule has 0 aliphatic heterocycles. The van der Waals surface area contributed by atoms with Crippen LogP contribution in [-0.2, 0) is 0 Å². The number of halogens is 1. The molecule has 19 heavy (non-hydrogen) atoms. The van der Waals surface area contributed by atoms with Gasteiger partial charge in [0.05, 0.1) is 11.1 Å². The lowest BCUT2D eigenvalue weighted by molar-refractivity contribution is 0.611. The van der Waals surface area contributed by atoms with E-state index >= 15 is 0 Å². The molecule has 1 aromatic heterocycles. The first kappa shape index (κ1) is 14.1. The maximum Gasteiger partial charge on any atom is 0.128 e. The van der Waals surface area contributed by atoms with Gasteiger partial charge >= 0.3 is 0 Å². The molecule has 0 aliphatic rings. The van der Waals surface area contributed by atoms with Crippen molar-refractivity contribution in [2.45, 2.75) is 10.9 Å². The van der Waals surface area contributed by atoms with Crippen LogP contribution in [0.4, 0.5) is 5.82 Å². The highest BCUT2D eigenvalue weighted by Gasteiger charge is 2.14. The number of anilines is 1. The van der Waals surface area contributed by atoms with E-state index in [0.717, 1.165) is 11.3 Å². The van der Waals surface area contributed by atoms with Crippen molar-refractivity contribution in [2.24, 2.45) is 5.84 Å². The molecule has 5 N–H and O–H groups in total. The Labute approximate surface area is 121 Å². The minimum absolute atomic E-state index is 0.101. The van der Waals surface area contributed by atoms with Gasteiger partial charge < -0.3 is 5.73 Å². The lowest BCUT2D eigenvalue weighted by atomic mass is 10.1. The Bertz CT molecular complexity index is 535. The van der Waals surface area contributed by atoms with Crippen molar-refractivity contribution >= 4 is 29.2 Å². The molecule has 6 heteroatoms. The average molecular weight is 295 g/mol. The van der Waals surface area contributed by atoms with Crippen LogP contribution in [0.25, 0.3) is 0 Å². The van der Waals surface area contributed by atoms with Crippen molar-refractivity contribution in [1.82, 2.24) is 10.4 Å². The first-order valence-corrected chi connectivity index (χ1v) is 7.12. The van der Waals surface area contributed by atoms with Crippen LogP contribution in [0.15, 0.2) is 47.5 Å². The van der Waals surface area contributed by atoms with Crippen molar-refractivity contribution in [1.29, 1.82) is 0 Å². The Hall–Kier alpha value is -1.27. The fraction of sp³-hybridized carbons (Fsp3) is 0.154. The number of pyridine rings is 1. The maximum atomic E-state index is 5.94. The number of hydrogen-bond acceptors (Lipinski definition) is 5. The van der Waals surface area contributed by atoms with Crippen molar-refractivity contribution in [3.63, 3.8) is 0 Å². The molecular weight excluding hydrogens is 280 g/mol. The number of hydrazine groups is 1. The summed E-state index contributed by atoms with van der Waals surface area (Å²) in [5.74, 6) is 6.79. The van der Waals surface area contributed by atoms with Gasteiger partial charge in [0.1, 0.15) is 5.82 Å². The third-order valence-electron chi connectivity index (χ3n) is 2.65. The van der Waals surface area contributed by atoms with E-state index in [1.807, 2.05) is 18.2 Å². The van der Waals surface area contributed by atoms with Gasteiger partial charge in [-0.2, -0.15) is 0 Å². The summed E-state index contributed by atoms with van der Waals surface area (Å²) in [6, 6.07) is 11.8. The van der Waals surface area contributed by atoms with Crippen molar-refractivity contribution in [2.75, 3.05) is 11.5 Å². The molecule has 2 rings (SSSR count). The number of hydrogen-bond donors (Lipinski definition) is 3. The highest BCUT2D eigenvalue weighted by Crippen LogP contribution is 2.27. The molecule has 0 saturated carbocycles. The van der Waals surface area contributed by atoms with Gasteiger partial charge in [-0.1, -0.05) is 29.8 Å². The molecule has 0 spiro atoms. The Morgan fingerprint density at radius 2 is 2.05 bits per heavy atom. The summed E-state index contributed by atoms with van der Waals surface area (Å²) < 4.78 is 0. The molecule has 2 aromatic rings. The standard InChI is InChI=1S/C13H15ClN4S/c14-9-6-11(13(15)17-7-9)12(18-16)8-19-10-4-2-1-3-5-10/h1-7,12,18H,8,16H2,(H2,15,17). The van der Waals surface area contributed by atoms with Gasteiger partial charge in [0.2, 0.25) is 0 Å². The van der Waals surface area contributed by atoms with Gasteiger partial charge in [-0.15, -0.1) is 11.8 Å². The van der Waals surface area contributed by atoms with Crippen LogP contribution >= 0.6 is 23.4 Å². The van der Waals surface area contributed by atoms with Crippen LogP contribution in [0.2, 0.25) is 5.02 Å². The summed E-state index contributed by atoms with van der Waals surface area (Å²) in [6.45, 7) is 0. The summed E-state index contributed by atoms with van der Waals surface area (Å²) in [6.07, 6.45) is 1.53. The molecule has 100 valence electrons. The zero-order valence-corrected chi connectivity index (χ0v) is 11.8. The topological polar surface area (TPSA) is 77.0 Å². The van der Waals surface area contributed by atoms with E-state index in [9.17, 15) is 0 Å². The first-order chi connectivity index (χ1) is 9.20. The number of benzene rings is 1. The van der Waals surface area contributed by atoms with Crippen molar-refractivity contribution in [3.8, 4) is 0 Å². The molecule has 1 aromatic carbocycles. The predicted octanol–water partition coefficient (Wildman–Crippen LogP) is 2.61. The molecule has 0 fully saturated rings. The first-order valence-electron chi connectivity index (χ1n) is 5.75. The lowest BCUT2D eigenvalue weighted by Gasteiger charge is -2.17. The van der Waals surface area contributed by atoms with Gasteiger partial charge in [-0.05, 0) is 18.2 Å². The van der Waals surface area contributed by atoms with E-state index in [2.05, 4.69) is 22.5 Å². The number of nitrogen functional groups attached to an aromatic ring is 1. The average Bonchev–Trinajstić information content (AvgIpc) is 2.44. The van der Waals surface area contributed by atoms with Crippen molar-refractivity contribution in [3.05, 3.63) is 53.2 Å². The summed E-state index contributed by atoms with van der Waals surface area (Å²) in [5, 5.41) is 0.550. The highest BCUT2D eigenvalue weighted by molar-refractivity contribution is 7.99. The second kappa shape index (κ2) is 6.77. The number of nitrogens with one attached hydrogen (secondary N) is 1. The summed E-state index contributed by atoms with van der Waals surface area (Å²) in [7, 11) is 0. The van der Waals surface area contributed by atoms with Gasteiger partial charge in [-0.25, -0.2) is 4.98 Å². The van der Waals surface area contributed by atoms with E-state index in [0.29, 0.717) is 10.8 Å². The van der Waals surface area contributed by atoms with E-state index in [1.54, 1.807) is 17.8 Å². The molecule has 0 aliphatic carbocycles. The van der Waals surface area contributed by atoms with Gasteiger partial charge in [-0.3, -0.25) is 11.3 Å². The zero-order chi connectivity index (χ0) is 13.7. The molecular formula is C13H15ClN4S. The van der Waals surface area contributed by atoms with Crippen LogP contribution in [-0.4, -0.2) is 10.7 Å². The fourth-order valence-corrected chi connectivity index (χ4v) is 2.82. The second-order valence-electron chi connectivity index (χ2n) is 3.97. The van der Waals surface area contributed by atoms with Crippen LogP contribution in [0.1, 0.15) is 11.6 Å². The largest absolute Gasteiger partial charge is 0.383 e. The van der Waals surface area contributed by atoms with E-state index in [-0.39, 0.29) is 6.04 Å². The second-order valence-corrected chi connectivity index (χ2v) is 5.50. The van der Waals surface area contributed by atoms with Crippen molar-refractivity contribution < 1.29 is 0 Å². The quantitative estimate of drug-likeness (QED) is 0.449. The summed E-state index contributed by atoms with van der Waals surface area (Å²) in [4.78, 5) is 5.22. The predicted molar refractivity (Wildman–Crippen MR) is 80.9 cm³/mol. The summed E-state index contributed by atoms with van der Waals surface area (Å²) in [5.41, 5.74) is 9.44. The Morgan fingerprint density at radius 1 is 1.32 bits per heavy atom. The zero-order valence-electron chi connectivity index (χ0n) is 10.2. The molecule has 0 saturated heterocycles. The van der Waals surface area contributed by atoms with Gasteiger partial charge in [0.15, 0.2) is 0 Å². The van der Waals surface area contributed by atoms with Gasteiger partial charge in [0, 0.05) is 22.4 Å². The van der Waals surface area contributed by atoms with Crippen LogP contribution < -0.4 is 17.0 Å². The molecule has 1 heterocycles. The van der Waals surface area contributed by atoms with E-state index in [4.69, 9.17) is 23.2 Å². The number of rotatable bonds is 5. The Balaban J connectivity index is 2.10. The monoisotopic (exact) mass is 294 g/mol. The van der Waals surface area contributed by atoms with Crippen LogP contribution in [0, 0.1) is 0 Å². The molecule has 1 unspecified atom stereocenters. The van der Waals surface area contributed by atoms with Crippen LogP contribution in [0.3, 0.4) is 0 Å². The lowest BCUT2D eigenvalue weighted by Crippen LogP contribution is -2.30. The van der Waals surface area contributed by atoms with Crippen LogP contribution in [0.5, 0.6) is 0 Å². The number of nitrogens with two attached hydrogens (primary N) is 2. The number of nitrogens with zero attached hydrogens (tertiary/aromatic N) is 1. The maximum absolute atomic E-state index is 5.94. The van der Waals surface area contributed by atoms with E-state index < -0.39 is 0 Å². The number of aromatic nitrogens is 1. The normalized spacial score (nSPS) is 12.3. The molecule has 1 atom stereocenters. The minimum Gasteiger partial charge on any atom is -0.383 e. The van der Waals surface area contributed by atoms with E-state index in [1.165, 1.54) is 11.1 Å². The molecule has 0 bridgehead atoms. The molecule has 0 radical (unpaired) electrons. The fourth-order valence-electron chi connectivity index (χ4n) is 1.67. The minimum atomic E-state index is -0.101. The Kier molecular flexibility index (Phi) is 5.04. The Morgan fingerprint density at radius 3 is 2.74 bits per heavy atom. The molecule has 0 amide bonds. The number of thioether (sulfide) groups is 1. The van der Waals surface area contributed by atoms with Gasteiger partial charge in [0.25, 0.3) is 0 Å². The molecule has 4 nitrogen and oxygen atoms in total. The smallest absolute Gasteiger partial charge is 0.128 e. The third-order valence-corrected chi connectivity index (χ3v) is 3.96.